The second-order valence-electron chi connectivity index (χ2n) is 7.97. The molecular formula is C28H24N2O3. The molecule has 0 saturated carbocycles. The van der Waals surface area contributed by atoms with Crippen LogP contribution in [-0.2, 0) is 0 Å². The molecule has 2 aromatic heterocycles. The standard InChI is InChI=1S/C28H24N2O3/c1-17-13-20(31-3)9-11-22(17)25-15-19(28-30-24-7-5-6-8-27(24)33-28)16-26(29-25)23-12-10-21(32-4)14-18(23)2/h5-16H,1-4H3. The summed E-state index contributed by atoms with van der Waals surface area (Å²) in [5.74, 6) is 2.20. The van der Waals surface area contributed by atoms with Gasteiger partial charge in [-0.05, 0) is 85.6 Å². The maximum Gasteiger partial charge on any atom is 0.227 e. The Morgan fingerprint density at radius 1 is 0.667 bits per heavy atom. The van der Waals surface area contributed by atoms with Gasteiger partial charge in [-0.2, -0.15) is 0 Å². The van der Waals surface area contributed by atoms with Crippen molar-refractivity contribution in [2.24, 2.45) is 0 Å². The van der Waals surface area contributed by atoms with E-state index in [0.717, 1.165) is 61.8 Å². The summed E-state index contributed by atoms with van der Waals surface area (Å²) in [6, 6.07) is 23.9. The van der Waals surface area contributed by atoms with Gasteiger partial charge in [0.1, 0.15) is 17.0 Å². The number of oxazole rings is 1. The van der Waals surface area contributed by atoms with Crippen LogP contribution in [0.5, 0.6) is 11.5 Å². The molecule has 0 atom stereocenters. The lowest BCUT2D eigenvalue weighted by Crippen LogP contribution is -1.95. The van der Waals surface area contributed by atoms with Crippen LogP contribution in [0.3, 0.4) is 0 Å². The van der Waals surface area contributed by atoms with Crippen LogP contribution in [0.15, 0.2) is 77.2 Å². The van der Waals surface area contributed by atoms with Gasteiger partial charge in [-0.25, -0.2) is 9.97 Å². The number of methoxy groups -OCH3 is 2. The van der Waals surface area contributed by atoms with Gasteiger partial charge in [0.15, 0.2) is 5.58 Å². The Morgan fingerprint density at radius 3 is 1.76 bits per heavy atom. The number of nitrogens with zero attached hydrogens (tertiary/aromatic N) is 2. The van der Waals surface area contributed by atoms with E-state index in [1.807, 2.05) is 72.8 Å². The van der Waals surface area contributed by atoms with Gasteiger partial charge in [-0.1, -0.05) is 12.1 Å². The fourth-order valence-electron chi connectivity index (χ4n) is 4.03. The van der Waals surface area contributed by atoms with Crippen LogP contribution in [-0.4, -0.2) is 24.2 Å². The minimum Gasteiger partial charge on any atom is -0.497 e. The van der Waals surface area contributed by atoms with Crippen molar-refractivity contribution >= 4 is 11.1 Å². The molecule has 0 N–H and O–H groups in total. The summed E-state index contributed by atoms with van der Waals surface area (Å²) in [6.07, 6.45) is 0. The highest BCUT2D eigenvalue weighted by atomic mass is 16.5. The highest BCUT2D eigenvalue weighted by Gasteiger charge is 2.16. The van der Waals surface area contributed by atoms with Gasteiger partial charge >= 0.3 is 0 Å². The van der Waals surface area contributed by atoms with Crippen molar-refractivity contribution in [3.05, 3.63) is 83.9 Å². The van der Waals surface area contributed by atoms with Gasteiger partial charge in [0.25, 0.3) is 0 Å². The number of pyridine rings is 1. The zero-order valence-electron chi connectivity index (χ0n) is 19.0. The van der Waals surface area contributed by atoms with E-state index in [2.05, 4.69) is 13.8 Å². The average molecular weight is 437 g/mol. The molecule has 5 aromatic rings. The topological polar surface area (TPSA) is 57.4 Å². The van der Waals surface area contributed by atoms with Crippen molar-refractivity contribution in [2.75, 3.05) is 14.2 Å². The molecule has 33 heavy (non-hydrogen) atoms. The van der Waals surface area contributed by atoms with Crippen molar-refractivity contribution in [2.45, 2.75) is 13.8 Å². The fourth-order valence-corrected chi connectivity index (χ4v) is 4.03. The Morgan fingerprint density at radius 2 is 1.24 bits per heavy atom. The number of hydrogen-bond acceptors (Lipinski definition) is 5. The number of para-hydroxylation sites is 2. The molecule has 0 fully saturated rings. The van der Waals surface area contributed by atoms with Gasteiger partial charge in [0, 0.05) is 16.7 Å². The number of fused-ring (bicyclic) bond motifs is 1. The first-order chi connectivity index (χ1) is 16.1. The van der Waals surface area contributed by atoms with Gasteiger partial charge in [-0.15, -0.1) is 0 Å². The smallest absolute Gasteiger partial charge is 0.227 e. The van der Waals surface area contributed by atoms with Gasteiger partial charge in [-0.3, -0.25) is 0 Å². The SMILES string of the molecule is COc1ccc(-c2cc(-c3nc4ccccc4o3)cc(-c3ccc(OC)cc3C)n2)c(C)c1. The minimum atomic E-state index is 0.568. The Hall–Kier alpha value is -4.12. The lowest BCUT2D eigenvalue weighted by atomic mass is 9.99. The molecule has 0 unspecified atom stereocenters. The molecule has 0 bridgehead atoms. The Labute approximate surface area is 192 Å². The molecule has 164 valence electrons. The monoisotopic (exact) mass is 436 g/mol. The van der Waals surface area contributed by atoms with E-state index in [9.17, 15) is 0 Å². The molecule has 0 amide bonds. The van der Waals surface area contributed by atoms with Gasteiger partial charge in [0.05, 0.1) is 25.6 Å². The first kappa shape index (κ1) is 20.8. The number of benzene rings is 3. The van der Waals surface area contributed by atoms with Crippen LogP contribution in [0.25, 0.3) is 45.1 Å². The number of rotatable bonds is 5. The highest BCUT2D eigenvalue weighted by molar-refractivity contribution is 5.80. The number of aromatic nitrogens is 2. The second kappa shape index (κ2) is 8.43. The summed E-state index contributed by atoms with van der Waals surface area (Å²) in [6.45, 7) is 4.12. The molecule has 0 saturated heterocycles. The maximum absolute atomic E-state index is 6.09. The lowest BCUT2D eigenvalue weighted by molar-refractivity contribution is 0.414. The Balaban J connectivity index is 1.72. The average Bonchev–Trinajstić information content (AvgIpc) is 3.28. The largest absolute Gasteiger partial charge is 0.497 e. The predicted molar refractivity (Wildman–Crippen MR) is 131 cm³/mol. The van der Waals surface area contributed by atoms with E-state index in [4.69, 9.17) is 23.9 Å². The van der Waals surface area contributed by atoms with Crippen LogP contribution in [0, 0.1) is 13.8 Å². The quantitative estimate of drug-likeness (QED) is 0.301. The first-order valence-corrected chi connectivity index (χ1v) is 10.7. The third-order valence-corrected chi connectivity index (χ3v) is 5.79. The van der Waals surface area contributed by atoms with Crippen molar-refractivity contribution in [3.8, 4) is 45.5 Å². The molecule has 3 aromatic carbocycles. The normalized spacial score (nSPS) is 11.0. The zero-order chi connectivity index (χ0) is 22.9. The highest BCUT2D eigenvalue weighted by Crippen LogP contribution is 2.35. The van der Waals surface area contributed by atoms with E-state index in [0.29, 0.717) is 5.89 Å². The summed E-state index contributed by atoms with van der Waals surface area (Å²) in [7, 11) is 3.34. The van der Waals surface area contributed by atoms with Crippen LogP contribution < -0.4 is 9.47 Å². The summed E-state index contributed by atoms with van der Waals surface area (Å²) >= 11 is 0. The van der Waals surface area contributed by atoms with E-state index in [1.165, 1.54) is 0 Å². The Bertz CT molecular complexity index is 1370. The van der Waals surface area contributed by atoms with Crippen molar-refractivity contribution in [3.63, 3.8) is 0 Å². The van der Waals surface area contributed by atoms with Crippen LogP contribution in [0.1, 0.15) is 11.1 Å². The van der Waals surface area contributed by atoms with Crippen molar-refractivity contribution in [1.29, 1.82) is 0 Å². The molecule has 0 aliphatic rings. The predicted octanol–water partition coefficient (Wildman–Crippen LogP) is 6.86. The lowest BCUT2D eigenvalue weighted by Gasteiger charge is -2.13. The van der Waals surface area contributed by atoms with Crippen LogP contribution in [0.2, 0.25) is 0 Å². The summed E-state index contributed by atoms with van der Waals surface area (Å²) < 4.78 is 16.9. The van der Waals surface area contributed by atoms with E-state index < -0.39 is 0 Å². The Kier molecular flexibility index (Phi) is 5.31. The van der Waals surface area contributed by atoms with Crippen LogP contribution in [0.4, 0.5) is 0 Å². The maximum atomic E-state index is 6.09. The molecule has 5 heteroatoms. The molecule has 0 spiro atoms. The van der Waals surface area contributed by atoms with Crippen molar-refractivity contribution < 1.29 is 13.9 Å². The molecule has 0 aliphatic carbocycles. The molecular weight excluding hydrogens is 412 g/mol. The fraction of sp³-hybridized carbons (Fsp3) is 0.143. The van der Waals surface area contributed by atoms with E-state index in [-0.39, 0.29) is 0 Å². The first-order valence-electron chi connectivity index (χ1n) is 10.7. The van der Waals surface area contributed by atoms with Gasteiger partial charge < -0.3 is 13.9 Å². The minimum absolute atomic E-state index is 0.568. The third-order valence-electron chi connectivity index (χ3n) is 5.79. The summed E-state index contributed by atoms with van der Waals surface area (Å²) in [5, 5.41) is 0. The van der Waals surface area contributed by atoms with E-state index >= 15 is 0 Å². The molecule has 0 aliphatic heterocycles. The molecule has 5 rings (SSSR count). The number of ether oxygens (including phenoxy) is 2. The van der Waals surface area contributed by atoms with Crippen LogP contribution >= 0.6 is 0 Å². The molecule has 5 nitrogen and oxygen atoms in total. The third kappa shape index (κ3) is 3.94. The van der Waals surface area contributed by atoms with Gasteiger partial charge in [0.2, 0.25) is 5.89 Å². The number of hydrogen-bond donors (Lipinski definition) is 0. The van der Waals surface area contributed by atoms with Crippen molar-refractivity contribution in [1.82, 2.24) is 9.97 Å². The molecule has 2 heterocycles. The molecule has 0 radical (unpaired) electrons. The van der Waals surface area contributed by atoms with E-state index in [1.54, 1.807) is 14.2 Å². The summed E-state index contributed by atoms with van der Waals surface area (Å²) in [5.41, 5.74) is 8.37. The summed E-state index contributed by atoms with van der Waals surface area (Å²) in [4.78, 5) is 9.75. The second-order valence-corrected chi connectivity index (χ2v) is 7.97. The number of aryl methyl sites for hydroxylation is 2. The zero-order valence-corrected chi connectivity index (χ0v) is 19.0.